The van der Waals surface area contributed by atoms with Gasteiger partial charge in [-0.3, -0.25) is 9.79 Å². The highest BCUT2D eigenvalue weighted by atomic mass is 32.2. The lowest BCUT2D eigenvalue weighted by atomic mass is 9.88. The third kappa shape index (κ3) is 6.65. The predicted molar refractivity (Wildman–Crippen MR) is 153 cm³/mol. The summed E-state index contributed by atoms with van der Waals surface area (Å²) in [5.41, 5.74) is -2.42. The quantitative estimate of drug-likeness (QED) is 0.528. The van der Waals surface area contributed by atoms with Gasteiger partial charge >= 0.3 is 12.2 Å². The largest absolute Gasteiger partial charge is 0.417 e. The molecule has 0 bridgehead atoms. The second-order valence-corrected chi connectivity index (χ2v) is 13.4. The van der Waals surface area contributed by atoms with Crippen LogP contribution < -0.4 is 10.6 Å². The molecule has 0 aromatic heterocycles. The summed E-state index contributed by atoms with van der Waals surface area (Å²) in [5, 5.41) is 6.22. The molecule has 3 amide bonds. The van der Waals surface area contributed by atoms with Crippen LogP contribution in [0.2, 0.25) is 0 Å². The highest BCUT2D eigenvalue weighted by Crippen LogP contribution is 2.37. The van der Waals surface area contributed by atoms with Gasteiger partial charge in [-0.05, 0) is 56.5 Å². The summed E-state index contributed by atoms with van der Waals surface area (Å²) < 4.78 is 69.2. The molecule has 1 aromatic carbocycles. The van der Waals surface area contributed by atoms with Crippen LogP contribution in [0.25, 0.3) is 6.08 Å². The molecule has 0 unspecified atom stereocenters. The highest BCUT2D eigenvalue weighted by molar-refractivity contribution is 7.92. The molecule has 5 rings (SSSR count). The van der Waals surface area contributed by atoms with Crippen molar-refractivity contribution in [2.75, 3.05) is 51.6 Å². The van der Waals surface area contributed by atoms with E-state index in [0.717, 1.165) is 49.3 Å². The van der Waals surface area contributed by atoms with Gasteiger partial charge in [0.15, 0.2) is 0 Å². The minimum atomic E-state index is -4.78. The average Bonchev–Trinajstić information content (AvgIpc) is 3.28. The number of rotatable bonds is 5. The van der Waals surface area contributed by atoms with Crippen LogP contribution in [0.5, 0.6) is 0 Å². The molecule has 1 spiro atoms. The number of aliphatic imine (C=N–C) groups is 1. The van der Waals surface area contributed by atoms with Crippen LogP contribution in [-0.2, 0) is 21.0 Å². The monoisotopic (exact) mass is 610 g/mol. The molecule has 0 atom stereocenters. The zero-order valence-electron chi connectivity index (χ0n) is 23.6. The number of hydrogen-bond acceptors (Lipinski definition) is 6. The fraction of sp³-hybridized carbons (Fsp3) is 0.607. The van der Waals surface area contributed by atoms with Crippen LogP contribution >= 0.6 is 0 Å². The maximum Gasteiger partial charge on any atom is 0.417 e. The van der Waals surface area contributed by atoms with Gasteiger partial charge in [-0.1, -0.05) is 25.3 Å². The van der Waals surface area contributed by atoms with Crippen LogP contribution in [0.1, 0.15) is 56.1 Å². The van der Waals surface area contributed by atoms with Gasteiger partial charge in [-0.25, -0.2) is 13.2 Å². The Morgan fingerprint density at radius 3 is 2.38 bits per heavy atom. The lowest BCUT2D eigenvalue weighted by molar-refractivity contribution is -0.137. The van der Waals surface area contributed by atoms with E-state index in [1.165, 1.54) is 21.7 Å². The number of piperidine rings is 1. The maximum atomic E-state index is 13.9. The van der Waals surface area contributed by atoms with Crippen molar-refractivity contribution < 1.29 is 31.2 Å². The van der Waals surface area contributed by atoms with Crippen molar-refractivity contribution in [2.24, 2.45) is 10.9 Å². The zero-order chi connectivity index (χ0) is 30.1. The highest BCUT2D eigenvalue weighted by Gasteiger charge is 2.48. The van der Waals surface area contributed by atoms with Crippen molar-refractivity contribution >= 4 is 39.6 Å². The van der Waals surface area contributed by atoms with E-state index in [-0.39, 0.29) is 49.0 Å². The SMILES string of the molecule is CN1CCN(C(=O)Nc2ccc(/C=C/S(=O)(=O)N3CCC4(CC3)N=C(C3CCCCC3)NC4=O)c(C(F)(F)F)c2)CC1. The number of amides is 3. The maximum absolute atomic E-state index is 13.9. The van der Waals surface area contributed by atoms with E-state index in [1.54, 1.807) is 0 Å². The van der Waals surface area contributed by atoms with E-state index in [1.807, 2.05) is 7.05 Å². The Kier molecular flexibility index (Phi) is 8.68. The normalized spacial score (nSPS) is 22.9. The number of alkyl halides is 3. The van der Waals surface area contributed by atoms with Crippen LogP contribution in [0.4, 0.5) is 23.7 Å². The molecular weight excluding hydrogens is 573 g/mol. The molecular formula is C28H37F3N6O4S. The standard InChI is InChI=1S/C28H37F3N6O4S/c1-35-14-16-36(17-15-35)26(39)32-22-8-7-20(23(19-22)28(29,30)31)9-18-42(40,41)37-12-10-27(11-13-37)25(38)33-24(34-27)21-5-3-2-4-6-21/h7-9,18-19,21H,2-6,10-17H2,1H3,(H,32,39)(H,33,34,38)/b18-9+. The molecule has 3 fully saturated rings. The van der Waals surface area contributed by atoms with Crippen molar-refractivity contribution in [3.8, 4) is 0 Å². The number of amidine groups is 1. The van der Waals surface area contributed by atoms with E-state index in [9.17, 15) is 31.2 Å². The minimum absolute atomic E-state index is 0.0319. The van der Waals surface area contributed by atoms with Gasteiger partial charge in [-0.2, -0.15) is 17.5 Å². The zero-order valence-corrected chi connectivity index (χ0v) is 24.4. The number of halogens is 3. The van der Waals surface area contributed by atoms with E-state index in [2.05, 4.69) is 15.5 Å². The fourth-order valence-corrected chi connectivity index (χ4v) is 7.23. The second-order valence-electron chi connectivity index (χ2n) is 11.6. The smallest absolute Gasteiger partial charge is 0.322 e. The molecule has 2 saturated heterocycles. The molecule has 1 aliphatic carbocycles. The van der Waals surface area contributed by atoms with E-state index >= 15 is 0 Å². The summed E-state index contributed by atoms with van der Waals surface area (Å²) in [5.74, 6) is 0.727. The number of hydrogen-bond donors (Lipinski definition) is 2. The van der Waals surface area contributed by atoms with Gasteiger partial charge in [0.1, 0.15) is 11.4 Å². The Morgan fingerprint density at radius 1 is 1.07 bits per heavy atom. The predicted octanol–water partition coefficient (Wildman–Crippen LogP) is 3.73. The number of nitrogens with zero attached hydrogens (tertiary/aromatic N) is 4. The lowest BCUT2D eigenvalue weighted by Gasteiger charge is -2.34. The number of carbonyl (C=O) groups excluding carboxylic acids is 2. The second kappa shape index (κ2) is 12.0. The van der Waals surface area contributed by atoms with Crippen LogP contribution in [0.3, 0.4) is 0 Å². The molecule has 1 saturated carbocycles. The Morgan fingerprint density at radius 2 is 1.74 bits per heavy atom. The summed E-state index contributed by atoms with van der Waals surface area (Å²) in [4.78, 5) is 33.7. The average molecular weight is 611 g/mol. The lowest BCUT2D eigenvalue weighted by Crippen LogP contribution is -2.50. The number of carbonyl (C=O) groups is 2. The van der Waals surface area contributed by atoms with Gasteiger partial charge in [0.05, 0.1) is 5.56 Å². The number of benzene rings is 1. The molecule has 4 aliphatic rings. The minimum Gasteiger partial charge on any atom is -0.322 e. The van der Waals surface area contributed by atoms with Crippen molar-refractivity contribution in [2.45, 2.75) is 56.7 Å². The van der Waals surface area contributed by atoms with Gasteiger partial charge < -0.3 is 20.4 Å². The Balaban J connectivity index is 1.25. The van der Waals surface area contributed by atoms with Crippen molar-refractivity contribution in [1.29, 1.82) is 0 Å². The van der Waals surface area contributed by atoms with Gasteiger partial charge in [-0.15, -0.1) is 0 Å². The van der Waals surface area contributed by atoms with Crippen LogP contribution in [0, 0.1) is 5.92 Å². The molecule has 230 valence electrons. The number of anilines is 1. The first-order valence-electron chi connectivity index (χ1n) is 14.4. The number of nitrogens with one attached hydrogen (secondary N) is 2. The number of likely N-dealkylation sites (N-methyl/N-ethyl adjacent to an activating group) is 1. The summed E-state index contributed by atoms with van der Waals surface area (Å²) >= 11 is 0. The van der Waals surface area contributed by atoms with Gasteiger partial charge in [0.2, 0.25) is 10.0 Å². The molecule has 14 heteroatoms. The molecule has 42 heavy (non-hydrogen) atoms. The molecule has 3 heterocycles. The first kappa shape index (κ1) is 30.5. The van der Waals surface area contributed by atoms with Crippen LogP contribution in [0.15, 0.2) is 28.6 Å². The van der Waals surface area contributed by atoms with Gasteiger partial charge in [0.25, 0.3) is 5.91 Å². The summed E-state index contributed by atoms with van der Waals surface area (Å²) in [7, 11) is -2.14. The van der Waals surface area contributed by atoms with E-state index in [0.29, 0.717) is 32.0 Å². The van der Waals surface area contributed by atoms with Crippen molar-refractivity contribution in [1.82, 2.24) is 19.4 Å². The Bertz CT molecular complexity index is 1360. The third-order valence-corrected chi connectivity index (χ3v) is 10.3. The van der Waals surface area contributed by atoms with Crippen molar-refractivity contribution in [3.05, 3.63) is 34.7 Å². The fourth-order valence-electron chi connectivity index (χ4n) is 6.04. The summed E-state index contributed by atoms with van der Waals surface area (Å²) in [6.45, 7) is 2.32. The summed E-state index contributed by atoms with van der Waals surface area (Å²) in [6, 6.07) is 2.78. The molecule has 2 N–H and O–H groups in total. The summed E-state index contributed by atoms with van der Waals surface area (Å²) in [6.07, 6.45) is 1.87. The topological polar surface area (TPSA) is 114 Å². The van der Waals surface area contributed by atoms with Gasteiger partial charge in [0, 0.05) is 56.3 Å². The first-order chi connectivity index (χ1) is 19.9. The Hall–Kier alpha value is -2.97. The van der Waals surface area contributed by atoms with E-state index in [4.69, 9.17) is 4.99 Å². The first-order valence-corrected chi connectivity index (χ1v) is 15.9. The molecule has 1 aromatic rings. The Labute approximate surface area is 244 Å². The van der Waals surface area contributed by atoms with E-state index < -0.39 is 33.3 Å². The molecule has 10 nitrogen and oxygen atoms in total. The number of urea groups is 1. The number of sulfonamides is 1. The third-order valence-electron chi connectivity index (χ3n) is 8.72. The van der Waals surface area contributed by atoms with Crippen molar-refractivity contribution in [3.63, 3.8) is 0 Å². The van der Waals surface area contributed by atoms with Crippen LogP contribution in [-0.4, -0.2) is 92.2 Å². The number of piperazine rings is 1. The molecule has 0 radical (unpaired) electrons. The molecule has 3 aliphatic heterocycles.